The average Bonchev–Trinajstić information content (AvgIpc) is 2.83. The van der Waals surface area contributed by atoms with Gasteiger partial charge in [0.15, 0.2) is 18.5 Å². The van der Waals surface area contributed by atoms with Crippen LogP contribution in [0.5, 0.6) is 0 Å². The number of carbonyl (C=O) groups is 4. The van der Waals surface area contributed by atoms with E-state index in [1.165, 1.54) is 51.9 Å². The highest BCUT2D eigenvalue weighted by Crippen LogP contribution is 2.27. The lowest BCUT2D eigenvalue weighted by Gasteiger charge is -2.42. The zero-order chi connectivity index (χ0) is 27.6. The van der Waals surface area contributed by atoms with Crippen LogP contribution in [0.3, 0.4) is 0 Å². The molecule has 11 heteroatoms. The summed E-state index contributed by atoms with van der Waals surface area (Å²) in [6.07, 6.45) is 5.29. The van der Waals surface area contributed by atoms with E-state index in [-0.39, 0.29) is 6.61 Å². The Kier molecular flexibility index (Phi) is 16.8. The molecule has 214 valence electrons. The van der Waals surface area contributed by atoms with Crippen LogP contribution < -0.4 is 5.32 Å². The van der Waals surface area contributed by atoms with Crippen molar-refractivity contribution in [1.82, 2.24) is 5.32 Å². The molecule has 0 aromatic rings. The molecular formula is C26H45NO10. The highest BCUT2D eigenvalue weighted by atomic mass is 16.7. The molecule has 0 unspecified atom stereocenters. The van der Waals surface area contributed by atoms with E-state index < -0.39 is 61.1 Å². The van der Waals surface area contributed by atoms with Crippen molar-refractivity contribution in [2.24, 2.45) is 0 Å². The molecule has 1 amide bonds. The van der Waals surface area contributed by atoms with Crippen LogP contribution in [0.4, 0.5) is 0 Å². The molecule has 0 aromatic heterocycles. The van der Waals surface area contributed by atoms with Crippen LogP contribution in [0.2, 0.25) is 0 Å². The van der Waals surface area contributed by atoms with E-state index in [4.69, 9.17) is 23.7 Å². The maximum absolute atomic E-state index is 12.2. The Balaban J connectivity index is 2.48. The minimum Gasteiger partial charge on any atom is -0.463 e. The van der Waals surface area contributed by atoms with Crippen LogP contribution in [0.25, 0.3) is 0 Å². The molecule has 11 nitrogen and oxygen atoms in total. The second-order valence-corrected chi connectivity index (χ2v) is 9.33. The minimum absolute atomic E-state index is 0.345. The first-order valence-corrected chi connectivity index (χ1v) is 13.3. The summed E-state index contributed by atoms with van der Waals surface area (Å²) in [6, 6.07) is 0. The van der Waals surface area contributed by atoms with Crippen molar-refractivity contribution < 1.29 is 48.0 Å². The van der Waals surface area contributed by atoms with Crippen LogP contribution in [0.1, 0.15) is 91.9 Å². The number of aliphatic hydroxyl groups is 1. The van der Waals surface area contributed by atoms with Gasteiger partial charge in [-0.3, -0.25) is 19.2 Å². The van der Waals surface area contributed by atoms with E-state index in [0.29, 0.717) is 6.54 Å². The van der Waals surface area contributed by atoms with Gasteiger partial charge in [0.05, 0.1) is 0 Å². The lowest BCUT2D eigenvalue weighted by molar-refractivity contribution is -0.304. The quantitative estimate of drug-likeness (QED) is 0.154. The monoisotopic (exact) mass is 531 g/mol. The molecule has 1 heterocycles. The third-order valence-electron chi connectivity index (χ3n) is 5.90. The largest absolute Gasteiger partial charge is 0.463 e. The predicted octanol–water partition coefficient (Wildman–Crippen LogP) is 2.55. The molecule has 5 atom stereocenters. The van der Waals surface area contributed by atoms with Gasteiger partial charge in [0.2, 0.25) is 5.91 Å². The van der Waals surface area contributed by atoms with Gasteiger partial charge in [-0.05, 0) is 6.42 Å². The predicted molar refractivity (Wildman–Crippen MR) is 133 cm³/mol. The van der Waals surface area contributed by atoms with Crippen molar-refractivity contribution in [2.45, 2.75) is 123 Å². The van der Waals surface area contributed by atoms with Gasteiger partial charge < -0.3 is 34.1 Å². The lowest BCUT2D eigenvalue weighted by Crippen LogP contribution is -2.62. The lowest BCUT2D eigenvalue weighted by atomic mass is 9.98. The van der Waals surface area contributed by atoms with Crippen molar-refractivity contribution >= 4 is 23.8 Å². The Morgan fingerprint density at radius 3 is 1.86 bits per heavy atom. The van der Waals surface area contributed by atoms with Crippen LogP contribution in [-0.2, 0) is 42.9 Å². The smallest absolute Gasteiger partial charge is 0.303 e. The zero-order valence-corrected chi connectivity index (χ0v) is 22.7. The molecule has 2 N–H and O–H groups in total. The summed E-state index contributed by atoms with van der Waals surface area (Å²) in [7, 11) is 0. The molecule has 0 aromatic carbocycles. The van der Waals surface area contributed by atoms with E-state index in [1.807, 2.05) is 0 Å². The molecule has 0 saturated carbocycles. The van der Waals surface area contributed by atoms with Crippen LogP contribution >= 0.6 is 0 Å². The van der Waals surface area contributed by atoms with Gasteiger partial charge in [-0.1, -0.05) is 64.7 Å². The Labute approximate surface area is 219 Å². The first-order chi connectivity index (χ1) is 17.6. The number of carbonyl (C=O) groups excluding carboxylic acids is 4. The van der Waals surface area contributed by atoms with Crippen molar-refractivity contribution in [3.63, 3.8) is 0 Å². The molecule has 0 radical (unpaired) electrons. The van der Waals surface area contributed by atoms with Gasteiger partial charge in [0, 0.05) is 27.3 Å². The summed E-state index contributed by atoms with van der Waals surface area (Å²) in [5.74, 6) is -2.45. The molecule has 0 aliphatic carbocycles. The number of aliphatic hydroxyl groups excluding tert-OH is 1. The molecule has 0 bridgehead atoms. The molecular weight excluding hydrogens is 486 g/mol. The normalized spacial score (nSPS) is 23.2. The third-order valence-corrected chi connectivity index (χ3v) is 5.90. The zero-order valence-electron chi connectivity index (χ0n) is 22.7. The highest BCUT2D eigenvalue weighted by molar-refractivity contribution is 5.77. The van der Waals surface area contributed by atoms with Crippen molar-refractivity contribution in [2.75, 3.05) is 19.8 Å². The number of ether oxygens (including phenoxy) is 5. The van der Waals surface area contributed by atoms with Crippen LogP contribution in [0.15, 0.2) is 0 Å². The number of amides is 1. The topological polar surface area (TPSA) is 147 Å². The molecule has 1 rings (SSSR count). The fraction of sp³-hybridized carbons (Fsp3) is 0.846. The third kappa shape index (κ3) is 14.3. The molecule has 1 aliphatic rings. The summed E-state index contributed by atoms with van der Waals surface area (Å²) in [4.78, 5) is 46.7. The maximum atomic E-state index is 12.2. The SMILES string of the molecule is CCCCCCCCCCCCNC(=O)CO[C@H]1O[C@H](COC(C)=O)[C@@H](OC(C)=O)[C@H](OC(C)=O)[C@H]1O. The van der Waals surface area contributed by atoms with Crippen molar-refractivity contribution in [3.05, 3.63) is 0 Å². The van der Waals surface area contributed by atoms with Gasteiger partial charge in [-0.15, -0.1) is 0 Å². The van der Waals surface area contributed by atoms with E-state index >= 15 is 0 Å². The molecule has 37 heavy (non-hydrogen) atoms. The summed E-state index contributed by atoms with van der Waals surface area (Å²) in [5, 5.41) is 13.5. The van der Waals surface area contributed by atoms with Crippen molar-refractivity contribution in [1.29, 1.82) is 0 Å². The number of hydrogen-bond donors (Lipinski definition) is 2. The fourth-order valence-electron chi connectivity index (χ4n) is 4.07. The second-order valence-electron chi connectivity index (χ2n) is 9.33. The summed E-state index contributed by atoms with van der Waals surface area (Å²) in [6.45, 7) is 5.42. The van der Waals surface area contributed by atoms with Crippen LogP contribution in [-0.4, -0.2) is 79.4 Å². The number of unbranched alkanes of at least 4 members (excludes halogenated alkanes) is 9. The highest BCUT2D eigenvalue weighted by Gasteiger charge is 2.50. The number of rotatable bonds is 18. The summed E-state index contributed by atoms with van der Waals surface area (Å²) >= 11 is 0. The van der Waals surface area contributed by atoms with E-state index in [1.54, 1.807) is 0 Å². The number of hydrogen-bond acceptors (Lipinski definition) is 10. The maximum Gasteiger partial charge on any atom is 0.303 e. The summed E-state index contributed by atoms with van der Waals surface area (Å²) in [5.41, 5.74) is 0. The Morgan fingerprint density at radius 1 is 0.784 bits per heavy atom. The minimum atomic E-state index is -1.56. The summed E-state index contributed by atoms with van der Waals surface area (Å²) < 4.78 is 26.4. The van der Waals surface area contributed by atoms with Crippen LogP contribution in [0, 0.1) is 0 Å². The molecule has 1 saturated heterocycles. The van der Waals surface area contributed by atoms with E-state index in [0.717, 1.165) is 33.1 Å². The Morgan fingerprint density at radius 2 is 1.32 bits per heavy atom. The molecule has 0 spiro atoms. The van der Waals surface area contributed by atoms with E-state index in [9.17, 15) is 24.3 Å². The molecule has 1 aliphatic heterocycles. The average molecular weight is 532 g/mol. The van der Waals surface area contributed by atoms with Crippen molar-refractivity contribution in [3.8, 4) is 0 Å². The Hall–Kier alpha value is -2.24. The first-order valence-electron chi connectivity index (χ1n) is 13.3. The van der Waals surface area contributed by atoms with Gasteiger partial charge in [0.1, 0.15) is 25.4 Å². The van der Waals surface area contributed by atoms with E-state index in [2.05, 4.69) is 12.2 Å². The number of nitrogens with one attached hydrogen (secondary N) is 1. The fourth-order valence-corrected chi connectivity index (χ4v) is 4.07. The van der Waals surface area contributed by atoms with Gasteiger partial charge in [0.25, 0.3) is 0 Å². The first kappa shape index (κ1) is 32.8. The Bertz CT molecular complexity index is 701. The van der Waals surface area contributed by atoms with Gasteiger partial charge in [-0.2, -0.15) is 0 Å². The van der Waals surface area contributed by atoms with Gasteiger partial charge in [-0.25, -0.2) is 0 Å². The standard InChI is InChI=1S/C26H45NO10/c1-5-6-7-8-9-10-11-12-13-14-15-27-22(31)17-34-26-23(32)25(36-20(4)30)24(35-19(3)29)21(37-26)16-33-18(2)28/h21,23-26,32H,5-17H2,1-4H3,(H,27,31)/t21-,23-,24-,25-,26+/m1/s1. The number of esters is 3. The molecule has 1 fully saturated rings. The van der Waals surface area contributed by atoms with Gasteiger partial charge >= 0.3 is 17.9 Å². The second kappa shape index (κ2) is 18.9.